The number of aliphatic imine (C=N–C) groups is 1. The molecule has 43 heavy (non-hydrogen) atoms. The molecule has 1 saturated heterocycles. The van der Waals surface area contributed by atoms with E-state index in [0.29, 0.717) is 5.56 Å². The summed E-state index contributed by atoms with van der Waals surface area (Å²) >= 11 is 0. The van der Waals surface area contributed by atoms with Gasteiger partial charge in [0.2, 0.25) is 6.29 Å². The Hall–Kier alpha value is -4.11. The molecule has 18 nitrogen and oxygen atoms in total. The highest BCUT2D eigenvalue weighted by Crippen LogP contribution is 2.42. The quantitative estimate of drug-likeness (QED) is 0.130. The molecule has 3 aliphatic heterocycles. The normalized spacial score (nSPS) is 29.1. The van der Waals surface area contributed by atoms with E-state index in [1.165, 1.54) is 23.2 Å². The third-order valence-corrected chi connectivity index (χ3v) is 7.20. The largest absolute Gasteiger partial charge is 0.504 e. The SMILES string of the molecule is O=C(O)C1=N[C@H](C(=O)O)CC(/C=C/N2c3cc(O)c(O[C@@H]4O[C@H](COS(=O)(=O)O)[C@@H](O)[C@H](O)[C@H]4O)cc3C[C@H]2C(=O)O)=C1. The molecule has 1 fully saturated rings. The van der Waals surface area contributed by atoms with Crippen LogP contribution in [0.2, 0.25) is 0 Å². The fraction of sp³-hybridized carbons (Fsp3) is 0.417. The Kier molecular flexibility index (Phi) is 9.06. The second-order valence-corrected chi connectivity index (χ2v) is 10.8. The van der Waals surface area contributed by atoms with Gasteiger partial charge in [-0.05, 0) is 29.4 Å². The molecule has 1 aromatic rings. The number of hydrogen-bond acceptors (Lipinski definition) is 14. The Morgan fingerprint density at radius 2 is 1.74 bits per heavy atom. The number of anilines is 1. The van der Waals surface area contributed by atoms with Gasteiger partial charge in [0.05, 0.1) is 6.61 Å². The molecule has 0 radical (unpaired) electrons. The molecule has 3 heterocycles. The molecule has 3 aliphatic rings. The zero-order chi connectivity index (χ0) is 31.8. The number of rotatable bonds is 10. The first-order valence-electron chi connectivity index (χ1n) is 12.3. The number of allylic oxidation sites excluding steroid dienone is 1. The van der Waals surface area contributed by atoms with Crippen molar-refractivity contribution in [2.24, 2.45) is 4.99 Å². The molecule has 0 spiro atoms. The van der Waals surface area contributed by atoms with Gasteiger partial charge >= 0.3 is 28.3 Å². The van der Waals surface area contributed by atoms with Crippen molar-refractivity contribution in [1.82, 2.24) is 0 Å². The first-order chi connectivity index (χ1) is 20.1. The Balaban J connectivity index is 1.58. The number of carbonyl (C=O) groups is 3. The number of benzene rings is 1. The van der Waals surface area contributed by atoms with Crippen LogP contribution < -0.4 is 9.64 Å². The van der Waals surface area contributed by atoms with Crippen molar-refractivity contribution in [1.29, 1.82) is 0 Å². The van der Waals surface area contributed by atoms with E-state index in [9.17, 15) is 58.5 Å². The summed E-state index contributed by atoms with van der Waals surface area (Å²) in [7, 11) is -4.95. The summed E-state index contributed by atoms with van der Waals surface area (Å²) in [4.78, 5) is 39.7. The maximum absolute atomic E-state index is 12.0. The van der Waals surface area contributed by atoms with Gasteiger partial charge in [0, 0.05) is 30.8 Å². The van der Waals surface area contributed by atoms with Gasteiger partial charge in [-0.15, -0.1) is 0 Å². The molecule has 19 heteroatoms. The summed E-state index contributed by atoms with van der Waals surface area (Å²) in [5, 5.41) is 69.6. The number of dihydropyridines is 1. The Bertz CT molecular complexity index is 1500. The average molecular weight is 631 g/mol. The number of carboxylic acids is 3. The predicted octanol–water partition coefficient (Wildman–Crippen LogP) is -1.96. The number of aliphatic hydroxyl groups is 3. The van der Waals surface area contributed by atoms with Gasteiger partial charge in [-0.25, -0.2) is 18.6 Å². The minimum absolute atomic E-state index is 0.134. The first kappa shape index (κ1) is 31.8. The van der Waals surface area contributed by atoms with Crippen LogP contribution >= 0.6 is 0 Å². The fourth-order valence-electron chi connectivity index (χ4n) is 4.65. The maximum atomic E-state index is 12.0. The van der Waals surface area contributed by atoms with Crippen LogP contribution in [0, 0.1) is 0 Å². The lowest BCUT2D eigenvalue weighted by Gasteiger charge is -2.39. The summed E-state index contributed by atoms with van der Waals surface area (Å²) in [6.45, 7) is -0.967. The van der Waals surface area contributed by atoms with Gasteiger partial charge in [-0.2, -0.15) is 8.42 Å². The second-order valence-electron chi connectivity index (χ2n) is 9.67. The number of nitrogens with zero attached hydrogens (tertiary/aromatic N) is 2. The fourth-order valence-corrected chi connectivity index (χ4v) is 4.96. The summed E-state index contributed by atoms with van der Waals surface area (Å²) in [5.41, 5.74) is 0.242. The second kappa shape index (κ2) is 12.2. The average Bonchev–Trinajstić information content (AvgIpc) is 3.28. The van der Waals surface area contributed by atoms with Crippen LogP contribution in [0.5, 0.6) is 11.5 Å². The van der Waals surface area contributed by atoms with Crippen molar-refractivity contribution in [2.45, 2.75) is 55.6 Å². The molecule has 0 aliphatic carbocycles. The van der Waals surface area contributed by atoms with Gasteiger partial charge in [-0.1, -0.05) is 0 Å². The highest BCUT2D eigenvalue weighted by Gasteiger charge is 2.46. The first-order valence-corrected chi connectivity index (χ1v) is 13.7. The summed E-state index contributed by atoms with van der Waals surface area (Å²) in [6, 6.07) is -0.238. The molecular weight excluding hydrogens is 604 g/mol. The number of fused-ring (bicyclic) bond motifs is 1. The maximum Gasteiger partial charge on any atom is 0.397 e. The summed E-state index contributed by atoms with van der Waals surface area (Å²) < 4.78 is 45.5. The van der Waals surface area contributed by atoms with Crippen molar-refractivity contribution in [2.75, 3.05) is 11.5 Å². The lowest BCUT2D eigenvalue weighted by Crippen LogP contribution is -2.60. The molecule has 0 bridgehead atoms. The third kappa shape index (κ3) is 7.10. The van der Waals surface area contributed by atoms with Crippen LogP contribution in [0.25, 0.3) is 0 Å². The molecule has 0 saturated carbocycles. The van der Waals surface area contributed by atoms with E-state index in [1.807, 2.05) is 0 Å². The monoisotopic (exact) mass is 630 g/mol. The van der Waals surface area contributed by atoms with Crippen LogP contribution in [-0.4, -0.2) is 122 Å². The number of phenolic OH excluding ortho intramolecular Hbond substituents is 1. The molecular formula is C24H26N2O16S. The Labute approximate surface area is 241 Å². The van der Waals surface area contributed by atoms with Crippen LogP contribution in [0.3, 0.4) is 0 Å². The molecule has 0 unspecified atom stereocenters. The van der Waals surface area contributed by atoms with Crippen molar-refractivity contribution in [3.63, 3.8) is 0 Å². The van der Waals surface area contributed by atoms with Gasteiger partial charge in [-0.3, -0.25) is 9.55 Å². The van der Waals surface area contributed by atoms with Gasteiger partial charge in [0.25, 0.3) is 0 Å². The highest BCUT2D eigenvalue weighted by atomic mass is 32.3. The minimum Gasteiger partial charge on any atom is -0.504 e. The minimum atomic E-state index is -4.95. The van der Waals surface area contributed by atoms with E-state index < -0.39 is 89.2 Å². The summed E-state index contributed by atoms with van der Waals surface area (Å²) in [5.74, 6) is -5.01. The predicted molar refractivity (Wildman–Crippen MR) is 139 cm³/mol. The highest BCUT2D eigenvalue weighted by molar-refractivity contribution is 7.80. The molecule has 1 aromatic carbocycles. The van der Waals surface area contributed by atoms with E-state index in [1.54, 1.807) is 0 Å². The van der Waals surface area contributed by atoms with Gasteiger partial charge < -0.3 is 50.1 Å². The van der Waals surface area contributed by atoms with E-state index in [4.69, 9.17) is 14.0 Å². The Morgan fingerprint density at radius 3 is 2.35 bits per heavy atom. The van der Waals surface area contributed by atoms with Crippen molar-refractivity contribution >= 4 is 39.7 Å². The number of hydrogen-bond donors (Lipinski definition) is 8. The van der Waals surface area contributed by atoms with E-state index in [-0.39, 0.29) is 29.9 Å². The lowest BCUT2D eigenvalue weighted by atomic mass is 9.99. The van der Waals surface area contributed by atoms with Crippen molar-refractivity contribution in [3.05, 3.63) is 41.6 Å². The molecule has 4 rings (SSSR count). The zero-order valence-electron chi connectivity index (χ0n) is 21.7. The van der Waals surface area contributed by atoms with Crippen molar-refractivity contribution < 1.29 is 76.8 Å². The van der Waals surface area contributed by atoms with Crippen LogP contribution in [-0.2, 0) is 40.1 Å². The van der Waals surface area contributed by atoms with Crippen LogP contribution in [0.4, 0.5) is 5.69 Å². The van der Waals surface area contributed by atoms with Gasteiger partial charge in [0.1, 0.15) is 36.2 Å². The van der Waals surface area contributed by atoms with E-state index >= 15 is 0 Å². The van der Waals surface area contributed by atoms with Crippen LogP contribution in [0.15, 0.2) is 41.1 Å². The smallest absolute Gasteiger partial charge is 0.397 e. The van der Waals surface area contributed by atoms with Crippen molar-refractivity contribution in [3.8, 4) is 11.5 Å². The van der Waals surface area contributed by atoms with E-state index in [2.05, 4.69) is 9.18 Å². The van der Waals surface area contributed by atoms with Crippen LogP contribution in [0.1, 0.15) is 12.0 Å². The number of aliphatic hydroxyl groups excluding tert-OH is 3. The molecule has 7 atom stereocenters. The molecule has 8 N–H and O–H groups in total. The molecule has 0 aromatic heterocycles. The third-order valence-electron chi connectivity index (χ3n) is 6.76. The Morgan fingerprint density at radius 1 is 1.05 bits per heavy atom. The molecule has 0 amide bonds. The standard InChI is InChI=1S/C24H26N2O16S/c27-15-7-13-10(6-16(15)41-24-20(30)19(29)18(28)17(42-24)8-40-43(37,38)39)5-14(23(35)36)26(13)2-1-9-3-11(21(31)32)25-12(4-9)22(33)34/h1-3,6-7,12,14,17-20,24,27-30H,4-5,8H2,(H,31,32)(H,33,34)(H,35,36)(H,37,38,39)/b2-1+/t12-,14-,17+,18+,19-,20+,24+/m0/s1. The number of carboxylic acid groups (broad SMARTS) is 3. The number of ether oxygens (including phenoxy) is 2. The number of phenols is 1. The molecule has 234 valence electrons. The van der Waals surface area contributed by atoms with Gasteiger partial charge in [0.15, 0.2) is 17.5 Å². The summed E-state index contributed by atoms with van der Waals surface area (Å²) in [6.07, 6.45) is -5.64. The lowest BCUT2D eigenvalue weighted by molar-refractivity contribution is -0.276. The topological polar surface area (TPSA) is 290 Å². The van der Waals surface area contributed by atoms with E-state index in [0.717, 1.165) is 12.1 Å². The number of aromatic hydroxyl groups is 1. The number of aliphatic carboxylic acids is 3. The zero-order valence-corrected chi connectivity index (χ0v) is 22.5.